The van der Waals surface area contributed by atoms with E-state index in [-0.39, 0.29) is 17.1 Å². The number of hydrogen-bond acceptors (Lipinski definition) is 6. The van der Waals surface area contributed by atoms with Crippen LogP contribution in [0, 0.1) is 20.8 Å². The third-order valence-electron chi connectivity index (χ3n) is 6.29. The Hall–Kier alpha value is -3.65. The van der Waals surface area contributed by atoms with Crippen LogP contribution in [0.5, 0.6) is 5.75 Å². The van der Waals surface area contributed by atoms with Gasteiger partial charge in [-0.05, 0) is 76.9 Å². The fourth-order valence-electron chi connectivity index (χ4n) is 4.38. The van der Waals surface area contributed by atoms with Gasteiger partial charge in [0.25, 0.3) is 0 Å². The van der Waals surface area contributed by atoms with E-state index in [9.17, 15) is 9.59 Å². The van der Waals surface area contributed by atoms with Crippen molar-refractivity contribution in [2.24, 2.45) is 0 Å². The van der Waals surface area contributed by atoms with Crippen LogP contribution in [0.2, 0.25) is 0 Å². The second-order valence-corrected chi connectivity index (χ2v) is 10.0. The third kappa shape index (κ3) is 6.38. The molecule has 1 N–H and O–H groups in total. The van der Waals surface area contributed by atoms with E-state index in [0.717, 1.165) is 27.9 Å². The van der Waals surface area contributed by atoms with Gasteiger partial charge in [-0.2, -0.15) is 0 Å². The summed E-state index contributed by atoms with van der Waals surface area (Å²) >= 11 is 0. The van der Waals surface area contributed by atoms with Gasteiger partial charge in [0.2, 0.25) is 5.89 Å². The van der Waals surface area contributed by atoms with Crippen molar-refractivity contribution in [1.82, 2.24) is 10.3 Å². The highest BCUT2D eigenvalue weighted by atomic mass is 16.6. The van der Waals surface area contributed by atoms with Crippen LogP contribution >= 0.6 is 0 Å². The molecule has 198 valence electrons. The Morgan fingerprint density at radius 2 is 1.68 bits per heavy atom. The number of aromatic nitrogens is 1. The first-order valence-electron chi connectivity index (χ1n) is 12.4. The van der Waals surface area contributed by atoms with E-state index in [2.05, 4.69) is 5.32 Å². The van der Waals surface area contributed by atoms with Crippen molar-refractivity contribution >= 4 is 12.0 Å². The number of ether oxygens (including phenoxy) is 2. The van der Waals surface area contributed by atoms with Gasteiger partial charge in [-0.15, -0.1) is 0 Å². The van der Waals surface area contributed by atoms with Crippen molar-refractivity contribution in [3.63, 3.8) is 0 Å². The molecule has 2 amide bonds. The van der Waals surface area contributed by atoms with Crippen molar-refractivity contribution in [2.75, 3.05) is 20.7 Å². The smallest absolute Gasteiger partial charge is 0.416 e. The fourth-order valence-corrected chi connectivity index (χ4v) is 4.38. The summed E-state index contributed by atoms with van der Waals surface area (Å²) in [6, 6.07) is 13.6. The van der Waals surface area contributed by atoms with Crippen LogP contribution in [0.15, 0.2) is 46.9 Å². The molecule has 0 bridgehead atoms. The molecule has 0 spiro atoms. The number of oxazole rings is 1. The highest BCUT2D eigenvalue weighted by Gasteiger charge is 2.35. The number of carbonyl (C=O) groups is 2. The molecule has 8 nitrogen and oxygen atoms in total. The zero-order chi connectivity index (χ0) is 27.4. The number of rotatable bonds is 9. The van der Waals surface area contributed by atoms with Gasteiger partial charge < -0.3 is 19.2 Å². The van der Waals surface area contributed by atoms with Crippen molar-refractivity contribution in [3.8, 4) is 17.2 Å². The molecule has 1 aromatic heterocycles. The van der Waals surface area contributed by atoms with Crippen LogP contribution < -0.4 is 10.1 Å². The fraction of sp³-hybridized carbons (Fsp3) is 0.414. The first-order chi connectivity index (χ1) is 17.4. The standard InChI is InChI=1S/C29H37N3O5/c1-9-35-27(33)29(5,6)37-25-19(2)15-22(16-20(25)3)17-32(8,28(34)30-7)18-24-21(4)36-26(31-24)23-13-11-10-12-14-23/h10-16H,9,17-18H2,1-8H3/p+1. The molecule has 0 aliphatic carbocycles. The Kier molecular flexibility index (Phi) is 8.43. The van der Waals surface area contributed by atoms with Crippen LogP contribution in [0.3, 0.4) is 0 Å². The summed E-state index contributed by atoms with van der Waals surface area (Å²) in [5.74, 6) is 1.44. The molecule has 1 heterocycles. The van der Waals surface area contributed by atoms with E-state index < -0.39 is 11.6 Å². The predicted molar refractivity (Wildman–Crippen MR) is 142 cm³/mol. The lowest BCUT2D eigenvalue weighted by atomic mass is 10.0. The van der Waals surface area contributed by atoms with Crippen LogP contribution in [-0.2, 0) is 22.6 Å². The summed E-state index contributed by atoms with van der Waals surface area (Å²) in [6.45, 7) is 12.0. The van der Waals surface area contributed by atoms with Gasteiger partial charge in [-0.3, -0.25) is 0 Å². The van der Waals surface area contributed by atoms with Crippen LogP contribution in [0.4, 0.5) is 4.79 Å². The van der Waals surface area contributed by atoms with E-state index >= 15 is 0 Å². The minimum absolute atomic E-state index is 0.0471. The summed E-state index contributed by atoms with van der Waals surface area (Å²) in [4.78, 5) is 30.2. The van der Waals surface area contributed by atoms with Gasteiger partial charge in [-0.25, -0.2) is 19.1 Å². The lowest BCUT2D eigenvalue weighted by Gasteiger charge is -2.31. The molecule has 3 aromatic rings. The molecule has 1 atom stereocenters. The maximum Gasteiger partial charge on any atom is 0.416 e. The monoisotopic (exact) mass is 508 g/mol. The first-order valence-corrected chi connectivity index (χ1v) is 12.4. The Balaban J connectivity index is 1.89. The number of hydrogen-bond donors (Lipinski definition) is 1. The first kappa shape index (κ1) is 27.9. The van der Waals surface area contributed by atoms with Gasteiger partial charge in [0.15, 0.2) is 5.60 Å². The quantitative estimate of drug-likeness (QED) is 0.304. The highest BCUT2D eigenvalue weighted by molar-refractivity contribution is 5.79. The average molecular weight is 509 g/mol. The maximum atomic E-state index is 13.1. The van der Waals surface area contributed by atoms with Crippen molar-refractivity contribution in [3.05, 3.63) is 70.6 Å². The largest absolute Gasteiger partial charge is 0.476 e. The molecule has 0 radical (unpaired) electrons. The van der Waals surface area contributed by atoms with E-state index in [0.29, 0.717) is 30.5 Å². The Morgan fingerprint density at radius 1 is 1.05 bits per heavy atom. The highest BCUT2D eigenvalue weighted by Crippen LogP contribution is 2.31. The molecule has 8 heteroatoms. The van der Waals surface area contributed by atoms with E-state index in [1.807, 2.05) is 70.3 Å². The SMILES string of the molecule is CCOC(=O)C(C)(C)Oc1c(C)cc(C[N+](C)(Cc2nc(-c3ccccc3)oc2C)C(=O)NC)cc1C. The molecular weight excluding hydrogens is 470 g/mol. The zero-order valence-corrected chi connectivity index (χ0v) is 23.1. The zero-order valence-electron chi connectivity index (χ0n) is 23.1. The molecule has 0 saturated heterocycles. The topological polar surface area (TPSA) is 90.7 Å². The van der Waals surface area contributed by atoms with Crippen molar-refractivity contribution < 1.29 is 28.0 Å². The molecule has 37 heavy (non-hydrogen) atoms. The number of benzene rings is 2. The van der Waals surface area contributed by atoms with Gasteiger partial charge in [0.05, 0.1) is 13.7 Å². The normalized spacial score (nSPS) is 13.1. The summed E-state index contributed by atoms with van der Waals surface area (Å²) in [5.41, 5.74) is 3.21. The lowest BCUT2D eigenvalue weighted by molar-refractivity contribution is -0.858. The third-order valence-corrected chi connectivity index (χ3v) is 6.29. The number of esters is 1. The van der Waals surface area contributed by atoms with Crippen LogP contribution in [0.1, 0.15) is 48.9 Å². The number of nitrogens with zero attached hydrogens (tertiary/aromatic N) is 2. The Morgan fingerprint density at radius 3 is 2.24 bits per heavy atom. The minimum Gasteiger partial charge on any atom is -0.476 e. The molecule has 0 aliphatic heterocycles. The molecular formula is C29H38N3O5+. The Bertz CT molecular complexity index is 1240. The van der Waals surface area contributed by atoms with Gasteiger partial charge in [0.1, 0.15) is 30.3 Å². The molecule has 0 saturated carbocycles. The average Bonchev–Trinajstić information content (AvgIpc) is 3.21. The molecule has 0 aliphatic rings. The van der Waals surface area contributed by atoms with Crippen molar-refractivity contribution in [2.45, 2.75) is 60.2 Å². The van der Waals surface area contributed by atoms with Gasteiger partial charge in [-0.1, -0.05) is 18.2 Å². The van der Waals surface area contributed by atoms with Crippen molar-refractivity contribution in [1.29, 1.82) is 0 Å². The minimum atomic E-state index is -1.12. The lowest BCUT2D eigenvalue weighted by Crippen LogP contribution is -2.52. The van der Waals surface area contributed by atoms with Crippen LogP contribution in [-0.4, -0.2) is 47.8 Å². The summed E-state index contributed by atoms with van der Waals surface area (Å²) < 4.78 is 17.3. The van der Waals surface area contributed by atoms with E-state index in [4.69, 9.17) is 18.9 Å². The summed E-state index contributed by atoms with van der Waals surface area (Å²) in [5, 5.41) is 2.80. The number of amides is 2. The number of carbonyl (C=O) groups excluding carboxylic acids is 2. The second kappa shape index (κ2) is 11.2. The van der Waals surface area contributed by atoms with Gasteiger partial charge in [0, 0.05) is 18.2 Å². The second-order valence-electron chi connectivity index (χ2n) is 10.0. The summed E-state index contributed by atoms with van der Waals surface area (Å²) in [6.07, 6.45) is 0. The molecule has 0 fully saturated rings. The number of urea groups is 1. The molecule has 3 rings (SSSR count). The number of nitrogens with one attached hydrogen (secondary N) is 1. The Labute approximate surface area is 219 Å². The maximum absolute atomic E-state index is 13.1. The summed E-state index contributed by atoms with van der Waals surface area (Å²) in [7, 11) is 3.52. The van der Waals surface area contributed by atoms with Gasteiger partial charge >= 0.3 is 12.0 Å². The van der Waals surface area contributed by atoms with E-state index in [1.165, 1.54) is 0 Å². The number of aryl methyl sites for hydroxylation is 3. The predicted octanol–water partition coefficient (Wildman–Crippen LogP) is 5.47. The molecule has 2 aromatic carbocycles. The number of quaternary nitrogens is 1. The molecule has 1 unspecified atom stereocenters. The van der Waals surface area contributed by atoms with Crippen LogP contribution in [0.25, 0.3) is 11.5 Å². The van der Waals surface area contributed by atoms with E-state index in [1.54, 1.807) is 27.8 Å².